The van der Waals surface area contributed by atoms with Crippen molar-refractivity contribution in [2.24, 2.45) is 5.92 Å². The zero-order valence-corrected chi connectivity index (χ0v) is 15.8. The minimum Gasteiger partial charge on any atom is -0.406 e. The first-order valence-electron chi connectivity index (χ1n) is 8.66. The van der Waals surface area contributed by atoms with Gasteiger partial charge in [0.1, 0.15) is 11.5 Å². The summed E-state index contributed by atoms with van der Waals surface area (Å²) in [5, 5.41) is 2.70. The number of hydrogen-bond donors (Lipinski definition) is 1. The third-order valence-electron chi connectivity index (χ3n) is 3.88. The summed E-state index contributed by atoms with van der Waals surface area (Å²) in [6.45, 7) is 5.47. The number of Topliss-reactive ketones (excluding diaryl/α,β-unsaturated/α-hetero) is 1. The minimum absolute atomic E-state index is 0.0330. The first kappa shape index (κ1) is 21.4. The highest BCUT2D eigenvalue weighted by Gasteiger charge is 2.30. The summed E-state index contributed by atoms with van der Waals surface area (Å²) < 4.78 is 40.3. The smallest absolute Gasteiger partial charge is 0.406 e. The third-order valence-corrected chi connectivity index (χ3v) is 3.88. The maximum atomic E-state index is 12.4. The fraction of sp³-hybridized carbons (Fsp3) is 0.350. The molecule has 0 aliphatic rings. The number of alkyl halides is 3. The van der Waals surface area contributed by atoms with Gasteiger partial charge in [-0.3, -0.25) is 14.6 Å². The number of aromatic nitrogens is 1. The zero-order valence-electron chi connectivity index (χ0n) is 15.8. The number of hydrogen-bond acceptors (Lipinski definition) is 4. The number of pyridine rings is 1. The second-order valence-electron chi connectivity index (χ2n) is 6.66. The van der Waals surface area contributed by atoms with Crippen LogP contribution in [0.4, 0.5) is 13.2 Å². The van der Waals surface area contributed by atoms with Crippen molar-refractivity contribution in [1.29, 1.82) is 0 Å². The number of aryl methyl sites for hydroxylation is 1. The van der Waals surface area contributed by atoms with Crippen molar-refractivity contribution >= 4 is 11.7 Å². The van der Waals surface area contributed by atoms with Crippen LogP contribution in [0.15, 0.2) is 36.4 Å². The normalized spacial score (nSPS) is 11.4. The molecule has 2 rings (SSSR count). The van der Waals surface area contributed by atoms with Crippen LogP contribution in [0.1, 0.15) is 41.2 Å². The van der Waals surface area contributed by atoms with Crippen molar-refractivity contribution in [3.63, 3.8) is 0 Å². The van der Waals surface area contributed by atoms with Crippen molar-refractivity contribution < 1.29 is 27.5 Å². The molecule has 0 saturated heterocycles. The molecule has 0 fully saturated rings. The van der Waals surface area contributed by atoms with Crippen LogP contribution in [-0.4, -0.2) is 23.0 Å². The van der Waals surface area contributed by atoms with E-state index in [0.717, 1.165) is 0 Å². The van der Waals surface area contributed by atoms with Gasteiger partial charge >= 0.3 is 6.36 Å². The van der Waals surface area contributed by atoms with Crippen molar-refractivity contribution in [2.75, 3.05) is 0 Å². The average Bonchev–Trinajstić information content (AvgIpc) is 2.59. The first-order valence-corrected chi connectivity index (χ1v) is 8.66. The molecule has 0 saturated carbocycles. The van der Waals surface area contributed by atoms with Crippen molar-refractivity contribution in [1.82, 2.24) is 10.3 Å². The Morgan fingerprint density at radius 3 is 2.36 bits per heavy atom. The van der Waals surface area contributed by atoms with Crippen LogP contribution >= 0.6 is 0 Å². The average molecular weight is 394 g/mol. The van der Waals surface area contributed by atoms with E-state index in [4.69, 9.17) is 0 Å². The van der Waals surface area contributed by atoms with Crippen LogP contribution < -0.4 is 10.1 Å². The Morgan fingerprint density at radius 1 is 1.14 bits per heavy atom. The molecule has 0 bridgehead atoms. The lowest BCUT2D eigenvalue weighted by Gasteiger charge is -2.11. The fourth-order valence-electron chi connectivity index (χ4n) is 2.43. The molecule has 28 heavy (non-hydrogen) atoms. The maximum Gasteiger partial charge on any atom is 0.573 e. The van der Waals surface area contributed by atoms with Gasteiger partial charge in [0.15, 0.2) is 0 Å². The van der Waals surface area contributed by atoms with Crippen molar-refractivity contribution in [3.05, 3.63) is 58.9 Å². The quantitative estimate of drug-likeness (QED) is 0.771. The summed E-state index contributed by atoms with van der Waals surface area (Å²) in [7, 11) is 0. The lowest BCUT2D eigenvalue weighted by molar-refractivity contribution is -0.274. The Labute approximate surface area is 160 Å². The summed E-state index contributed by atoms with van der Waals surface area (Å²) in [5.74, 6) is -0.777. The maximum absolute atomic E-state index is 12.4. The van der Waals surface area contributed by atoms with Gasteiger partial charge in [-0.05, 0) is 36.8 Å². The summed E-state index contributed by atoms with van der Waals surface area (Å²) in [6.07, 6.45) is -4.59. The number of rotatable bonds is 7. The van der Waals surface area contributed by atoms with E-state index in [1.54, 1.807) is 32.9 Å². The Hall–Kier alpha value is -2.90. The Kier molecular flexibility index (Phi) is 6.77. The number of nitrogens with zero attached hydrogens (tertiary/aromatic N) is 1. The van der Waals surface area contributed by atoms with E-state index in [1.165, 1.54) is 24.3 Å². The van der Waals surface area contributed by atoms with Gasteiger partial charge in [0.05, 0.1) is 0 Å². The highest BCUT2D eigenvalue weighted by molar-refractivity contribution is 5.94. The van der Waals surface area contributed by atoms with E-state index in [0.29, 0.717) is 22.5 Å². The van der Waals surface area contributed by atoms with Gasteiger partial charge in [-0.15, -0.1) is 13.2 Å². The predicted molar refractivity (Wildman–Crippen MR) is 96.8 cm³/mol. The highest BCUT2D eigenvalue weighted by atomic mass is 19.4. The predicted octanol–water partition coefficient (Wildman–Crippen LogP) is 3.99. The molecule has 1 amide bonds. The number of nitrogens with one attached hydrogen (secondary N) is 1. The molecule has 1 heterocycles. The Balaban J connectivity index is 2.01. The molecule has 1 aromatic carbocycles. The molecule has 0 aliphatic heterocycles. The van der Waals surface area contributed by atoms with Gasteiger partial charge in [0.2, 0.25) is 0 Å². The van der Waals surface area contributed by atoms with Crippen LogP contribution in [0.25, 0.3) is 0 Å². The van der Waals surface area contributed by atoms with E-state index in [9.17, 15) is 22.8 Å². The first-order chi connectivity index (χ1) is 13.0. The molecule has 8 heteroatoms. The van der Waals surface area contributed by atoms with Crippen LogP contribution in [-0.2, 0) is 17.8 Å². The summed E-state index contributed by atoms with van der Waals surface area (Å²) in [5.41, 5.74) is 2.13. The molecule has 0 spiro atoms. The zero-order chi connectivity index (χ0) is 20.9. The third kappa shape index (κ3) is 6.68. The lowest BCUT2D eigenvalue weighted by atomic mass is 10.0. The lowest BCUT2D eigenvalue weighted by Crippen LogP contribution is -2.23. The molecule has 150 valence electrons. The van der Waals surface area contributed by atoms with Gasteiger partial charge in [0.25, 0.3) is 5.91 Å². The molecule has 1 N–H and O–H groups in total. The van der Waals surface area contributed by atoms with Gasteiger partial charge in [-0.2, -0.15) is 0 Å². The van der Waals surface area contributed by atoms with Crippen molar-refractivity contribution in [2.45, 2.75) is 40.1 Å². The second-order valence-corrected chi connectivity index (χ2v) is 6.66. The van der Waals surface area contributed by atoms with Crippen LogP contribution in [0.3, 0.4) is 0 Å². The number of halogens is 3. The molecule has 0 aliphatic carbocycles. The van der Waals surface area contributed by atoms with Crippen LogP contribution in [0.2, 0.25) is 0 Å². The summed E-state index contributed by atoms with van der Waals surface area (Å²) >= 11 is 0. The standard InChI is InChI=1S/C20H21F3N2O3/c1-12(2)18(26)10-16-9-15(8-13(3)25-16)19(27)24-11-14-4-6-17(7-5-14)28-20(21,22)23/h4-9,12H,10-11H2,1-3H3,(H,24,27). The summed E-state index contributed by atoms with van der Waals surface area (Å²) in [4.78, 5) is 28.6. The van der Waals surface area contributed by atoms with E-state index in [1.807, 2.05) is 0 Å². The summed E-state index contributed by atoms with van der Waals surface area (Å²) in [6, 6.07) is 8.42. The molecule has 2 aromatic rings. The van der Waals surface area contributed by atoms with E-state index in [-0.39, 0.29) is 36.3 Å². The van der Waals surface area contributed by atoms with E-state index < -0.39 is 6.36 Å². The molecule has 5 nitrogen and oxygen atoms in total. The number of benzene rings is 1. The van der Waals surface area contributed by atoms with E-state index in [2.05, 4.69) is 15.0 Å². The second kappa shape index (κ2) is 8.86. The Bertz CT molecular complexity index is 847. The molecule has 0 unspecified atom stereocenters. The number of carbonyl (C=O) groups excluding carboxylic acids is 2. The van der Waals surface area contributed by atoms with Gasteiger partial charge in [-0.25, -0.2) is 0 Å². The number of ketones is 1. The molecular weight excluding hydrogens is 373 g/mol. The van der Waals surface area contributed by atoms with Gasteiger partial charge < -0.3 is 10.1 Å². The Morgan fingerprint density at radius 2 is 1.79 bits per heavy atom. The van der Waals surface area contributed by atoms with Crippen molar-refractivity contribution in [3.8, 4) is 5.75 Å². The van der Waals surface area contributed by atoms with Gasteiger partial charge in [-0.1, -0.05) is 26.0 Å². The number of carbonyl (C=O) groups is 2. The molecular formula is C20H21F3N2O3. The van der Waals surface area contributed by atoms with Crippen LogP contribution in [0, 0.1) is 12.8 Å². The monoisotopic (exact) mass is 394 g/mol. The molecule has 1 aromatic heterocycles. The fourth-order valence-corrected chi connectivity index (χ4v) is 2.43. The largest absolute Gasteiger partial charge is 0.573 e. The SMILES string of the molecule is Cc1cc(C(=O)NCc2ccc(OC(F)(F)F)cc2)cc(CC(=O)C(C)C)n1. The minimum atomic E-state index is -4.75. The topological polar surface area (TPSA) is 68.3 Å². The number of amides is 1. The van der Waals surface area contributed by atoms with E-state index >= 15 is 0 Å². The highest BCUT2D eigenvalue weighted by Crippen LogP contribution is 2.22. The van der Waals surface area contributed by atoms with Gasteiger partial charge in [0, 0.05) is 35.8 Å². The number of ether oxygens (including phenoxy) is 1. The molecule has 0 radical (unpaired) electrons. The molecule has 0 atom stereocenters. The van der Waals surface area contributed by atoms with Crippen LogP contribution in [0.5, 0.6) is 5.75 Å².